The molecule has 30 heavy (non-hydrogen) atoms. The lowest BCUT2D eigenvalue weighted by Crippen LogP contribution is -2.41. The minimum absolute atomic E-state index is 0.585. The Bertz CT molecular complexity index is 617. The lowest BCUT2D eigenvalue weighted by Gasteiger charge is -2.31. The van der Waals surface area contributed by atoms with Gasteiger partial charge in [0.15, 0.2) is 5.96 Å². The van der Waals surface area contributed by atoms with Gasteiger partial charge in [-0.05, 0) is 50.8 Å². The Balaban J connectivity index is 1.40. The number of nitrogens with zero attached hydrogens (tertiary/aromatic N) is 3. The number of ether oxygens (including phenoxy) is 2. The average Bonchev–Trinajstić information content (AvgIpc) is 3.25. The van der Waals surface area contributed by atoms with Crippen LogP contribution in [0.15, 0.2) is 35.3 Å². The molecule has 0 amide bonds. The molecule has 2 heterocycles. The molecule has 0 spiro atoms. The SMILES string of the molecule is CCNC(=NCC1CCN(CCOC)CC1)N1CCC(COCc2ccccc2)C1. The van der Waals surface area contributed by atoms with Gasteiger partial charge in [-0.3, -0.25) is 4.99 Å². The monoisotopic (exact) mass is 416 g/mol. The second kappa shape index (κ2) is 12.9. The van der Waals surface area contributed by atoms with Crippen LogP contribution in [0.25, 0.3) is 0 Å². The third-order valence-corrected chi connectivity index (χ3v) is 6.20. The molecule has 3 rings (SSSR count). The van der Waals surface area contributed by atoms with E-state index >= 15 is 0 Å². The minimum Gasteiger partial charge on any atom is -0.383 e. The number of rotatable bonds is 10. The van der Waals surface area contributed by atoms with E-state index in [9.17, 15) is 0 Å². The van der Waals surface area contributed by atoms with Gasteiger partial charge in [0.2, 0.25) is 0 Å². The number of aliphatic imine (C=N–C) groups is 1. The van der Waals surface area contributed by atoms with E-state index < -0.39 is 0 Å². The largest absolute Gasteiger partial charge is 0.383 e. The van der Waals surface area contributed by atoms with Crippen LogP contribution < -0.4 is 5.32 Å². The maximum absolute atomic E-state index is 5.98. The second-order valence-electron chi connectivity index (χ2n) is 8.57. The number of hydrogen-bond donors (Lipinski definition) is 1. The number of hydrogen-bond acceptors (Lipinski definition) is 4. The van der Waals surface area contributed by atoms with Crippen molar-refractivity contribution in [1.82, 2.24) is 15.1 Å². The summed E-state index contributed by atoms with van der Waals surface area (Å²) in [7, 11) is 1.78. The highest BCUT2D eigenvalue weighted by molar-refractivity contribution is 5.80. The van der Waals surface area contributed by atoms with Gasteiger partial charge in [0, 0.05) is 45.8 Å². The first kappa shape index (κ1) is 23.0. The summed E-state index contributed by atoms with van der Waals surface area (Å²) in [5, 5.41) is 3.51. The Morgan fingerprint density at radius 1 is 1.10 bits per heavy atom. The molecule has 1 aromatic carbocycles. The fourth-order valence-corrected chi connectivity index (χ4v) is 4.33. The molecule has 0 saturated carbocycles. The van der Waals surface area contributed by atoms with Crippen LogP contribution in [0, 0.1) is 11.8 Å². The van der Waals surface area contributed by atoms with Crippen LogP contribution in [-0.2, 0) is 16.1 Å². The van der Waals surface area contributed by atoms with Gasteiger partial charge >= 0.3 is 0 Å². The van der Waals surface area contributed by atoms with Crippen LogP contribution in [0.4, 0.5) is 0 Å². The predicted molar refractivity (Wildman–Crippen MR) is 123 cm³/mol. The van der Waals surface area contributed by atoms with Gasteiger partial charge in [-0.15, -0.1) is 0 Å². The van der Waals surface area contributed by atoms with Gasteiger partial charge in [0.1, 0.15) is 0 Å². The van der Waals surface area contributed by atoms with Gasteiger partial charge in [-0.1, -0.05) is 30.3 Å². The van der Waals surface area contributed by atoms with Gasteiger partial charge in [0.25, 0.3) is 0 Å². The second-order valence-corrected chi connectivity index (χ2v) is 8.57. The number of nitrogens with one attached hydrogen (secondary N) is 1. The molecule has 0 aliphatic carbocycles. The fourth-order valence-electron chi connectivity index (χ4n) is 4.33. The zero-order valence-corrected chi connectivity index (χ0v) is 18.9. The van der Waals surface area contributed by atoms with Crippen LogP contribution >= 0.6 is 0 Å². The van der Waals surface area contributed by atoms with Crippen molar-refractivity contribution in [2.75, 3.05) is 66.1 Å². The first-order valence-electron chi connectivity index (χ1n) is 11.6. The molecule has 6 heteroatoms. The molecule has 0 aromatic heterocycles. The van der Waals surface area contributed by atoms with Crippen molar-refractivity contribution in [3.05, 3.63) is 35.9 Å². The van der Waals surface area contributed by atoms with E-state index in [1.807, 2.05) is 6.07 Å². The Morgan fingerprint density at radius 3 is 2.60 bits per heavy atom. The molecule has 2 saturated heterocycles. The quantitative estimate of drug-likeness (QED) is 0.470. The molecule has 1 N–H and O–H groups in total. The molecule has 168 valence electrons. The molecule has 0 radical (unpaired) electrons. The van der Waals surface area contributed by atoms with Crippen LogP contribution in [0.2, 0.25) is 0 Å². The zero-order valence-electron chi connectivity index (χ0n) is 18.9. The Kier molecular flexibility index (Phi) is 9.93. The van der Waals surface area contributed by atoms with Crippen molar-refractivity contribution in [2.24, 2.45) is 16.8 Å². The first-order chi connectivity index (χ1) is 14.8. The Morgan fingerprint density at radius 2 is 1.87 bits per heavy atom. The van der Waals surface area contributed by atoms with Gasteiger partial charge < -0.3 is 24.6 Å². The standard InChI is InChI=1S/C24H40N4O2/c1-3-25-24(26-17-21-9-12-27(13-10-21)15-16-29-2)28-14-11-23(18-28)20-30-19-22-7-5-4-6-8-22/h4-8,21,23H,3,9-20H2,1-2H3,(H,25,26). The Labute approximate surface area is 182 Å². The summed E-state index contributed by atoms with van der Waals surface area (Å²) in [6.45, 7) is 11.9. The van der Waals surface area contributed by atoms with E-state index in [0.29, 0.717) is 18.4 Å². The number of methoxy groups -OCH3 is 1. The molecular weight excluding hydrogens is 376 g/mol. The molecule has 2 aliphatic heterocycles. The summed E-state index contributed by atoms with van der Waals surface area (Å²) in [4.78, 5) is 9.95. The summed E-state index contributed by atoms with van der Waals surface area (Å²) in [5.74, 6) is 2.37. The molecule has 1 atom stereocenters. The molecule has 1 unspecified atom stereocenters. The van der Waals surface area contributed by atoms with Crippen molar-refractivity contribution in [1.29, 1.82) is 0 Å². The lowest BCUT2D eigenvalue weighted by atomic mass is 9.97. The number of likely N-dealkylation sites (tertiary alicyclic amines) is 2. The third kappa shape index (κ3) is 7.56. The van der Waals surface area contributed by atoms with Crippen LogP contribution in [-0.4, -0.2) is 81.9 Å². The summed E-state index contributed by atoms with van der Waals surface area (Å²) >= 11 is 0. The summed E-state index contributed by atoms with van der Waals surface area (Å²) < 4.78 is 11.2. The van der Waals surface area contributed by atoms with E-state index in [1.54, 1.807) is 7.11 Å². The van der Waals surface area contributed by atoms with E-state index in [2.05, 4.69) is 46.3 Å². The molecule has 1 aromatic rings. The van der Waals surface area contributed by atoms with Crippen molar-refractivity contribution in [3.8, 4) is 0 Å². The summed E-state index contributed by atoms with van der Waals surface area (Å²) in [5.41, 5.74) is 1.25. The maximum atomic E-state index is 5.98. The highest BCUT2D eigenvalue weighted by Crippen LogP contribution is 2.20. The normalized spacial score (nSPS) is 21.3. The third-order valence-electron chi connectivity index (χ3n) is 6.20. The van der Waals surface area contributed by atoms with Gasteiger partial charge in [0.05, 0.1) is 19.8 Å². The van der Waals surface area contributed by atoms with Crippen molar-refractivity contribution in [3.63, 3.8) is 0 Å². The lowest BCUT2D eigenvalue weighted by molar-refractivity contribution is 0.0906. The van der Waals surface area contributed by atoms with Crippen molar-refractivity contribution in [2.45, 2.75) is 32.8 Å². The first-order valence-corrected chi connectivity index (χ1v) is 11.6. The van der Waals surface area contributed by atoms with Crippen molar-refractivity contribution < 1.29 is 9.47 Å². The highest BCUT2D eigenvalue weighted by atomic mass is 16.5. The zero-order chi connectivity index (χ0) is 21.0. The smallest absolute Gasteiger partial charge is 0.193 e. The van der Waals surface area contributed by atoms with Crippen LogP contribution in [0.5, 0.6) is 0 Å². The number of piperidine rings is 1. The van der Waals surface area contributed by atoms with Crippen molar-refractivity contribution >= 4 is 5.96 Å². The van der Waals surface area contributed by atoms with E-state index in [4.69, 9.17) is 14.5 Å². The topological polar surface area (TPSA) is 49.3 Å². The van der Waals surface area contributed by atoms with Crippen LogP contribution in [0.1, 0.15) is 31.7 Å². The van der Waals surface area contributed by atoms with Gasteiger partial charge in [-0.25, -0.2) is 0 Å². The van der Waals surface area contributed by atoms with Crippen LogP contribution in [0.3, 0.4) is 0 Å². The molecular formula is C24H40N4O2. The number of guanidine groups is 1. The van der Waals surface area contributed by atoms with E-state index in [1.165, 1.54) is 37.9 Å². The Hall–Kier alpha value is -1.63. The van der Waals surface area contributed by atoms with E-state index in [-0.39, 0.29) is 0 Å². The maximum Gasteiger partial charge on any atom is 0.193 e. The molecule has 2 aliphatic rings. The predicted octanol–water partition coefficient (Wildman–Crippen LogP) is 2.85. The minimum atomic E-state index is 0.585. The molecule has 2 fully saturated rings. The average molecular weight is 417 g/mol. The fraction of sp³-hybridized carbons (Fsp3) is 0.708. The highest BCUT2D eigenvalue weighted by Gasteiger charge is 2.25. The number of benzene rings is 1. The van der Waals surface area contributed by atoms with Gasteiger partial charge in [-0.2, -0.15) is 0 Å². The molecule has 6 nitrogen and oxygen atoms in total. The van der Waals surface area contributed by atoms with E-state index in [0.717, 1.165) is 51.9 Å². The summed E-state index contributed by atoms with van der Waals surface area (Å²) in [6.07, 6.45) is 3.65. The summed E-state index contributed by atoms with van der Waals surface area (Å²) in [6, 6.07) is 10.4. The molecule has 0 bridgehead atoms.